The van der Waals surface area contributed by atoms with E-state index >= 15 is 0 Å². The lowest BCUT2D eigenvalue weighted by molar-refractivity contribution is 0.0697. The van der Waals surface area contributed by atoms with Gasteiger partial charge in [0.25, 0.3) is 0 Å². The number of unbranched alkanes of at least 4 members (excludes halogenated alkanes) is 2. The maximum absolute atomic E-state index is 11.3. The molecule has 2 N–H and O–H groups in total. The molecule has 0 unspecified atom stereocenters. The quantitative estimate of drug-likeness (QED) is 0.620. The highest BCUT2D eigenvalue weighted by atomic mass is 16.4. The number of aromatic carboxylic acids is 1. The second-order valence-electron chi connectivity index (χ2n) is 4.45. The van der Waals surface area contributed by atoms with Crippen LogP contribution in [0, 0.1) is 12.3 Å². The molecule has 2 heterocycles. The number of nitrogens with zero attached hydrogens (tertiary/aromatic N) is 3. The SMILES string of the molecule is C#CCCCCNc1c(C(=O)O)cnc2c1cnn2C. The zero-order valence-electron chi connectivity index (χ0n) is 11.3. The molecule has 2 rings (SSSR count). The van der Waals surface area contributed by atoms with Gasteiger partial charge in [-0.25, -0.2) is 9.78 Å². The van der Waals surface area contributed by atoms with E-state index < -0.39 is 5.97 Å². The van der Waals surface area contributed by atoms with E-state index in [9.17, 15) is 9.90 Å². The first kappa shape index (κ1) is 13.9. The standard InChI is InChI=1S/C14H16N4O2/c1-3-4-5-6-7-15-12-10-9-17-18(2)13(10)16-8-11(12)14(19)20/h1,8-9H,4-7H2,2H3,(H,15,16)(H,19,20). The summed E-state index contributed by atoms with van der Waals surface area (Å²) in [6, 6.07) is 0. The van der Waals surface area contributed by atoms with Crippen molar-refractivity contribution in [2.75, 3.05) is 11.9 Å². The normalized spacial score (nSPS) is 10.4. The second-order valence-corrected chi connectivity index (χ2v) is 4.45. The van der Waals surface area contributed by atoms with Crippen LogP contribution in [0.3, 0.4) is 0 Å². The summed E-state index contributed by atoms with van der Waals surface area (Å²) in [5.74, 6) is 1.58. The van der Waals surface area contributed by atoms with Crippen LogP contribution in [0.4, 0.5) is 5.69 Å². The molecular weight excluding hydrogens is 256 g/mol. The van der Waals surface area contributed by atoms with Gasteiger partial charge >= 0.3 is 5.97 Å². The predicted molar refractivity (Wildman–Crippen MR) is 76.6 cm³/mol. The average Bonchev–Trinajstić information content (AvgIpc) is 2.80. The van der Waals surface area contributed by atoms with E-state index in [2.05, 4.69) is 21.3 Å². The predicted octanol–water partition coefficient (Wildman–Crippen LogP) is 1.88. The van der Waals surface area contributed by atoms with Gasteiger partial charge < -0.3 is 10.4 Å². The van der Waals surface area contributed by atoms with Gasteiger partial charge in [-0.3, -0.25) is 4.68 Å². The smallest absolute Gasteiger partial charge is 0.339 e. The highest BCUT2D eigenvalue weighted by Crippen LogP contribution is 2.25. The number of hydrogen-bond acceptors (Lipinski definition) is 4. The van der Waals surface area contributed by atoms with Gasteiger partial charge in [-0.1, -0.05) is 0 Å². The van der Waals surface area contributed by atoms with Crippen molar-refractivity contribution in [2.45, 2.75) is 19.3 Å². The van der Waals surface area contributed by atoms with Gasteiger partial charge in [0.15, 0.2) is 5.65 Å². The number of pyridine rings is 1. The Kier molecular flexibility index (Phi) is 4.20. The molecule has 2 aromatic heterocycles. The Balaban J connectivity index is 2.26. The lowest BCUT2D eigenvalue weighted by Gasteiger charge is -2.10. The van der Waals surface area contributed by atoms with E-state index in [1.807, 2.05) is 0 Å². The van der Waals surface area contributed by atoms with Crippen LogP contribution in [0.2, 0.25) is 0 Å². The Morgan fingerprint density at radius 1 is 1.50 bits per heavy atom. The van der Waals surface area contributed by atoms with Crippen molar-refractivity contribution in [3.63, 3.8) is 0 Å². The molecule has 0 saturated carbocycles. The van der Waals surface area contributed by atoms with E-state index in [4.69, 9.17) is 6.42 Å². The van der Waals surface area contributed by atoms with Crippen LogP contribution in [0.15, 0.2) is 12.4 Å². The van der Waals surface area contributed by atoms with Gasteiger partial charge in [0, 0.05) is 26.2 Å². The van der Waals surface area contributed by atoms with Crippen LogP contribution in [0.25, 0.3) is 11.0 Å². The minimum absolute atomic E-state index is 0.155. The first-order chi connectivity index (χ1) is 9.65. The molecule has 0 aliphatic rings. The summed E-state index contributed by atoms with van der Waals surface area (Å²) in [6.07, 6.45) is 10.7. The maximum atomic E-state index is 11.3. The molecule has 0 radical (unpaired) electrons. The number of nitrogens with one attached hydrogen (secondary N) is 1. The van der Waals surface area contributed by atoms with E-state index in [1.54, 1.807) is 17.9 Å². The largest absolute Gasteiger partial charge is 0.478 e. The van der Waals surface area contributed by atoms with Crippen molar-refractivity contribution in [1.29, 1.82) is 0 Å². The van der Waals surface area contributed by atoms with Crippen molar-refractivity contribution < 1.29 is 9.90 Å². The molecule has 6 heteroatoms. The van der Waals surface area contributed by atoms with E-state index in [1.165, 1.54) is 6.20 Å². The number of anilines is 1. The number of aromatic nitrogens is 3. The number of terminal acetylenes is 1. The summed E-state index contributed by atoms with van der Waals surface area (Å²) in [5.41, 5.74) is 1.37. The van der Waals surface area contributed by atoms with Gasteiger partial charge in [0.05, 0.1) is 17.3 Å². The van der Waals surface area contributed by atoms with Crippen LogP contribution in [-0.4, -0.2) is 32.4 Å². The summed E-state index contributed by atoms with van der Waals surface area (Å²) >= 11 is 0. The minimum atomic E-state index is -1.01. The average molecular weight is 272 g/mol. The second kappa shape index (κ2) is 6.06. The number of carboxylic acids is 1. The topological polar surface area (TPSA) is 80.0 Å². The first-order valence-corrected chi connectivity index (χ1v) is 6.36. The van der Waals surface area contributed by atoms with Crippen LogP contribution in [0.5, 0.6) is 0 Å². The molecule has 0 saturated heterocycles. The first-order valence-electron chi connectivity index (χ1n) is 6.36. The summed E-state index contributed by atoms with van der Waals surface area (Å²) in [5, 5.41) is 17.2. The fourth-order valence-corrected chi connectivity index (χ4v) is 2.01. The van der Waals surface area contributed by atoms with Gasteiger partial charge in [0.2, 0.25) is 0 Å². The number of aryl methyl sites for hydroxylation is 1. The molecule has 0 spiro atoms. The number of hydrogen-bond donors (Lipinski definition) is 2. The van der Waals surface area contributed by atoms with Crippen molar-refractivity contribution in [2.24, 2.45) is 7.05 Å². The Hall–Kier alpha value is -2.55. The van der Waals surface area contributed by atoms with Gasteiger partial charge in [-0.2, -0.15) is 5.10 Å². The van der Waals surface area contributed by atoms with E-state index in [0.29, 0.717) is 23.3 Å². The van der Waals surface area contributed by atoms with Crippen LogP contribution >= 0.6 is 0 Å². The summed E-state index contributed by atoms with van der Waals surface area (Å²) in [4.78, 5) is 15.4. The third-order valence-electron chi connectivity index (χ3n) is 3.04. The highest BCUT2D eigenvalue weighted by molar-refractivity contribution is 6.03. The number of rotatable bonds is 6. The zero-order chi connectivity index (χ0) is 14.5. The Labute approximate surface area is 116 Å². The Morgan fingerprint density at radius 3 is 3.00 bits per heavy atom. The van der Waals surface area contributed by atoms with E-state index in [0.717, 1.165) is 19.3 Å². The molecule has 0 fully saturated rings. The van der Waals surface area contributed by atoms with Crippen molar-refractivity contribution in [3.05, 3.63) is 18.0 Å². The summed E-state index contributed by atoms with van der Waals surface area (Å²) in [7, 11) is 1.77. The molecule has 0 atom stereocenters. The van der Waals surface area contributed by atoms with Crippen LogP contribution in [-0.2, 0) is 7.05 Å². The molecular formula is C14H16N4O2. The lowest BCUT2D eigenvalue weighted by Crippen LogP contribution is -2.09. The van der Waals surface area contributed by atoms with Gasteiger partial charge in [-0.15, -0.1) is 12.3 Å². The Morgan fingerprint density at radius 2 is 2.30 bits per heavy atom. The summed E-state index contributed by atoms with van der Waals surface area (Å²) in [6.45, 7) is 0.663. The van der Waals surface area contributed by atoms with Crippen LogP contribution in [0.1, 0.15) is 29.6 Å². The fourth-order valence-electron chi connectivity index (χ4n) is 2.01. The van der Waals surface area contributed by atoms with Crippen molar-refractivity contribution >= 4 is 22.7 Å². The molecule has 0 bridgehead atoms. The third kappa shape index (κ3) is 2.72. The minimum Gasteiger partial charge on any atom is -0.478 e. The van der Waals surface area contributed by atoms with Crippen LogP contribution < -0.4 is 5.32 Å². The number of carboxylic acid groups (broad SMARTS) is 1. The van der Waals surface area contributed by atoms with Crippen molar-refractivity contribution in [3.8, 4) is 12.3 Å². The molecule has 20 heavy (non-hydrogen) atoms. The number of carbonyl (C=O) groups is 1. The molecule has 2 aromatic rings. The zero-order valence-corrected chi connectivity index (χ0v) is 11.3. The monoisotopic (exact) mass is 272 g/mol. The Bertz CT molecular complexity index is 670. The summed E-state index contributed by atoms with van der Waals surface area (Å²) < 4.78 is 1.62. The third-order valence-corrected chi connectivity index (χ3v) is 3.04. The molecule has 6 nitrogen and oxygen atoms in total. The van der Waals surface area contributed by atoms with Gasteiger partial charge in [-0.05, 0) is 12.8 Å². The van der Waals surface area contributed by atoms with Gasteiger partial charge in [0.1, 0.15) is 5.56 Å². The highest BCUT2D eigenvalue weighted by Gasteiger charge is 2.16. The fraction of sp³-hybridized carbons (Fsp3) is 0.357. The molecule has 0 amide bonds. The maximum Gasteiger partial charge on any atom is 0.339 e. The van der Waals surface area contributed by atoms with Crippen molar-refractivity contribution in [1.82, 2.24) is 14.8 Å². The molecule has 0 aliphatic carbocycles. The lowest BCUT2D eigenvalue weighted by atomic mass is 10.1. The molecule has 104 valence electrons. The molecule has 0 aliphatic heterocycles. The number of fused-ring (bicyclic) bond motifs is 1. The molecule has 0 aromatic carbocycles. The van der Waals surface area contributed by atoms with E-state index in [-0.39, 0.29) is 5.56 Å².